The third-order valence-electron chi connectivity index (χ3n) is 7.54. The molecular formula is C25H27F3N6O2. The second kappa shape index (κ2) is 8.36. The molecule has 2 aromatic heterocycles. The lowest BCUT2D eigenvalue weighted by atomic mass is 9.99. The standard InChI is InChI=1S/C25H27F3N6O2/c1-36-23(35)33-18-5-4-15-16(11-29-21(15)19(18)13-2-3-13)20-17(25(26,27)28)12-30-22(34-20)32-14-6-7-24(8-9-24)31-10-14/h4-5,11-14,29,31H,2-3,6-10H2,1H3,(H,33,35)(H,30,32,34). The Bertz CT molecular complexity index is 1320. The quantitative estimate of drug-likeness (QED) is 0.374. The number of hydrogen-bond acceptors (Lipinski definition) is 6. The fourth-order valence-electron chi connectivity index (χ4n) is 5.21. The number of rotatable bonds is 5. The Morgan fingerprint density at radius 3 is 2.64 bits per heavy atom. The minimum absolute atomic E-state index is 0.0530. The molecule has 0 bridgehead atoms. The van der Waals surface area contributed by atoms with Crippen LogP contribution in [0.1, 0.15) is 55.6 Å². The largest absolute Gasteiger partial charge is 0.453 e. The number of hydrogen-bond donors (Lipinski definition) is 4. The monoisotopic (exact) mass is 500 g/mol. The predicted octanol–water partition coefficient (Wildman–Crippen LogP) is 5.40. The fourth-order valence-corrected chi connectivity index (χ4v) is 5.21. The SMILES string of the molecule is COC(=O)Nc1ccc2c(-c3nc(NC4CCC5(CC5)NC4)ncc3C(F)(F)F)c[nH]c2c1C1CC1. The van der Waals surface area contributed by atoms with E-state index in [1.54, 1.807) is 18.3 Å². The number of benzene rings is 1. The Balaban J connectivity index is 1.38. The zero-order valence-electron chi connectivity index (χ0n) is 19.8. The van der Waals surface area contributed by atoms with Gasteiger partial charge < -0.3 is 20.4 Å². The van der Waals surface area contributed by atoms with Crippen LogP contribution in [0.5, 0.6) is 0 Å². The summed E-state index contributed by atoms with van der Waals surface area (Å²) in [7, 11) is 1.28. The van der Waals surface area contributed by atoms with Crippen molar-refractivity contribution < 1.29 is 22.7 Å². The molecule has 1 aromatic carbocycles. The van der Waals surface area contributed by atoms with Crippen molar-refractivity contribution in [2.45, 2.75) is 62.2 Å². The van der Waals surface area contributed by atoms with Crippen LogP contribution in [0.2, 0.25) is 0 Å². The summed E-state index contributed by atoms with van der Waals surface area (Å²) in [5.74, 6) is 0.392. The molecule has 36 heavy (non-hydrogen) atoms. The van der Waals surface area contributed by atoms with Gasteiger partial charge in [-0.05, 0) is 50.5 Å². The number of anilines is 2. The summed E-state index contributed by atoms with van der Waals surface area (Å²) in [5, 5.41) is 10.1. The van der Waals surface area contributed by atoms with Crippen LogP contribution in [0, 0.1) is 0 Å². The summed E-state index contributed by atoms with van der Waals surface area (Å²) in [6.07, 6.45) is 3.39. The number of aromatic amines is 1. The van der Waals surface area contributed by atoms with Gasteiger partial charge in [0.1, 0.15) is 5.56 Å². The van der Waals surface area contributed by atoms with E-state index in [9.17, 15) is 18.0 Å². The molecule has 8 nitrogen and oxygen atoms in total. The van der Waals surface area contributed by atoms with E-state index >= 15 is 0 Å². The van der Waals surface area contributed by atoms with Gasteiger partial charge in [0, 0.05) is 52.7 Å². The number of H-pyrrole nitrogens is 1. The number of halogens is 3. The van der Waals surface area contributed by atoms with Crippen LogP contribution < -0.4 is 16.0 Å². The average Bonchev–Trinajstić information content (AvgIpc) is 3.78. The highest BCUT2D eigenvalue weighted by atomic mass is 19.4. The normalized spacial score (nSPS) is 20.9. The van der Waals surface area contributed by atoms with Gasteiger partial charge in [-0.2, -0.15) is 13.2 Å². The van der Waals surface area contributed by atoms with Gasteiger partial charge in [0.2, 0.25) is 5.95 Å². The molecule has 1 spiro atoms. The summed E-state index contributed by atoms with van der Waals surface area (Å²) in [6, 6.07) is 3.46. The van der Waals surface area contributed by atoms with Crippen molar-refractivity contribution in [3.8, 4) is 11.3 Å². The molecule has 1 amide bonds. The summed E-state index contributed by atoms with van der Waals surface area (Å²) in [6.45, 7) is 0.730. The maximum Gasteiger partial charge on any atom is 0.419 e. The van der Waals surface area contributed by atoms with Crippen molar-refractivity contribution in [3.63, 3.8) is 0 Å². The number of aromatic nitrogens is 3. The maximum absolute atomic E-state index is 14.0. The Morgan fingerprint density at radius 1 is 1.19 bits per heavy atom. The zero-order valence-corrected chi connectivity index (χ0v) is 19.8. The molecule has 4 N–H and O–H groups in total. The van der Waals surface area contributed by atoms with Crippen molar-refractivity contribution in [2.24, 2.45) is 0 Å². The molecule has 3 heterocycles. The molecule has 1 saturated heterocycles. The van der Waals surface area contributed by atoms with Crippen molar-refractivity contribution in [1.82, 2.24) is 20.3 Å². The molecular weight excluding hydrogens is 473 g/mol. The molecule has 11 heteroatoms. The molecule has 3 aliphatic rings. The average molecular weight is 501 g/mol. The lowest BCUT2D eigenvalue weighted by Gasteiger charge is -2.30. The number of carbonyl (C=O) groups is 1. The Hall–Kier alpha value is -3.34. The number of nitrogens with zero attached hydrogens (tertiary/aromatic N) is 2. The van der Waals surface area contributed by atoms with Crippen LogP contribution >= 0.6 is 0 Å². The number of nitrogens with one attached hydrogen (secondary N) is 4. The van der Waals surface area contributed by atoms with Gasteiger partial charge in [0.15, 0.2) is 0 Å². The molecule has 3 fully saturated rings. The van der Waals surface area contributed by atoms with Crippen LogP contribution in [-0.4, -0.2) is 46.3 Å². The van der Waals surface area contributed by atoms with Crippen molar-refractivity contribution in [3.05, 3.63) is 35.7 Å². The van der Waals surface area contributed by atoms with E-state index in [-0.39, 0.29) is 29.1 Å². The Kier molecular flexibility index (Phi) is 5.36. The smallest absolute Gasteiger partial charge is 0.419 e. The number of alkyl halides is 3. The first-order valence-electron chi connectivity index (χ1n) is 12.2. The minimum atomic E-state index is -4.62. The van der Waals surface area contributed by atoms with Crippen LogP contribution in [0.15, 0.2) is 24.5 Å². The number of piperidine rings is 1. The topological polar surface area (TPSA) is 104 Å². The highest BCUT2D eigenvalue weighted by molar-refractivity contribution is 6.01. The van der Waals surface area contributed by atoms with Gasteiger partial charge in [-0.15, -0.1) is 0 Å². The fraction of sp³-hybridized carbons (Fsp3) is 0.480. The highest BCUT2D eigenvalue weighted by Crippen LogP contribution is 2.48. The first kappa shape index (κ1) is 23.1. The molecule has 2 aliphatic carbocycles. The third-order valence-corrected chi connectivity index (χ3v) is 7.54. The maximum atomic E-state index is 14.0. The van der Waals surface area contributed by atoms with Gasteiger partial charge in [-0.3, -0.25) is 5.32 Å². The van der Waals surface area contributed by atoms with E-state index < -0.39 is 17.8 Å². The second-order valence-corrected chi connectivity index (χ2v) is 10.0. The van der Waals surface area contributed by atoms with Crippen molar-refractivity contribution in [1.29, 1.82) is 0 Å². The molecule has 1 aliphatic heterocycles. The first-order chi connectivity index (χ1) is 17.3. The van der Waals surface area contributed by atoms with Gasteiger partial charge in [-0.1, -0.05) is 6.07 Å². The van der Waals surface area contributed by atoms with E-state index in [0.29, 0.717) is 22.2 Å². The van der Waals surface area contributed by atoms with Gasteiger partial charge in [0.05, 0.1) is 18.3 Å². The number of carbonyl (C=O) groups excluding carboxylic acids is 1. The van der Waals surface area contributed by atoms with Gasteiger partial charge in [0.25, 0.3) is 0 Å². The number of methoxy groups -OCH3 is 1. The van der Waals surface area contributed by atoms with Gasteiger partial charge in [-0.25, -0.2) is 14.8 Å². The molecule has 3 aromatic rings. The molecule has 1 unspecified atom stereocenters. The molecule has 0 radical (unpaired) electrons. The number of amides is 1. The van der Waals surface area contributed by atoms with E-state index in [2.05, 4.69) is 30.9 Å². The van der Waals surface area contributed by atoms with E-state index in [1.807, 2.05) is 0 Å². The third kappa shape index (κ3) is 4.25. The molecule has 1 atom stereocenters. The lowest BCUT2D eigenvalue weighted by molar-refractivity contribution is -0.137. The first-order valence-corrected chi connectivity index (χ1v) is 12.2. The minimum Gasteiger partial charge on any atom is -0.453 e. The summed E-state index contributed by atoms with van der Waals surface area (Å²) in [4.78, 5) is 23.4. The van der Waals surface area contributed by atoms with Crippen LogP contribution in [0.25, 0.3) is 22.2 Å². The lowest BCUT2D eigenvalue weighted by Crippen LogP contribution is -2.46. The van der Waals surface area contributed by atoms with Crippen LogP contribution in [0.4, 0.5) is 29.6 Å². The summed E-state index contributed by atoms with van der Waals surface area (Å²) in [5.41, 5.74) is 1.69. The van der Waals surface area contributed by atoms with Crippen LogP contribution in [-0.2, 0) is 10.9 Å². The second-order valence-electron chi connectivity index (χ2n) is 10.0. The Morgan fingerprint density at radius 2 is 2.00 bits per heavy atom. The summed E-state index contributed by atoms with van der Waals surface area (Å²) < 4.78 is 46.7. The van der Waals surface area contributed by atoms with E-state index in [0.717, 1.165) is 44.0 Å². The molecule has 6 rings (SSSR count). The van der Waals surface area contributed by atoms with Crippen LogP contribution in [0.3, 0.4) is 0 Å². The molecule has 2 saturated carbocycles. The van der Waals surface area contributed by atoms with E-state index in [1.165, 1.54) is 20.0 Å². The van der Waals surface area contributed by atoms with Gasteiger partial charge >= 0.3 is 12.3 Å². The van der Waals surface area contributed by atoms with E-state index in [4.69, 9.17) is 4.74 Å². The van der Waals surface area contributed by atoms with Crippen molar-refractivity contribution >= 4 is 28.6 Å². The number of ether oxygens (including phenoxy) is 1. The molecule has 190 valence electrons. The summed E-state index contributed by atoms with van der Waals surface area (Å²) >= 11 is 0. The predicted molar refractivity (Wildman–Crippen MR) is 129 cm³/mol. The Labute approximate surface area is 205 Å². The number of fused-ring (bicyclic) bond motifs is 1. The highest BCUT2D eigenvalue weighted by Gasteiger charge is 2.45. The van der Waals surface area contributed by atoms with Crippen molar-refractivity contribution in [2.75, 3.05) is 24.3 Å². The zero-order chi connectivity index (χ0) is 25.1.